The van der Waals surface area contributed by atoms with Crippen molar-refractivity contribution in [1.82, 2.24) is 14.8 Å². The molecule has 0 bridgehead atoms. The van der Waals surface area contributed by atoms with Gasteiger partial charge in [-0.2, -0.15) is 13.2 Å². The van der Waals surface area contributed by atoms with Gasteiger partial charge >= 0.3 is 12.3 Å². The number of halogens is 5. The first-order valence-corrected chi connectivity index (χ1v) is 10.3. The van der Waals surface area contributed by atoms with Gasteiger partial charge in [0.05, 0.1) is 29.7 Å². The van der Waals surface area contributed by atoms with E-state index in [4.69, 9.17) is 11.6 Å². The fraction of sp³-hybridized carbons (Fsp3) is 0.333. The summed E-state index contributed by atoms with van der Waals surface area (Å²) in [5, 5.41) is 9.29. The molecule has 2 saturated heterocycles. The monoisotopic (exact) mass is 500 g/mol. The Bertz CT molecular complexity index is 1170. The summed E-state index contributed by atoms with van der Waals surface area (Å²) in [6.07, 6.45) is -4.77. The standard InChI is InChI=1S/C21H17ClF4N4O4/c1-11(12-2-4-13(5-3-12)21(24,25)26)30-16(31)8-29(17-15(23)6-14(22)7-27-17)18(32)20(30)9-28(10-20)19(33)34/h2-7,11H,8-10H2,1H3,(H,33,34). The summed E-state index contributed by atoms with van der Waals surface area (Å²) in [6.45, 7) is 0.160. The fourth-order valence-electron chi connectivity index (χ4n) is 4.35. The second-order valence-corrected chi connectivity index (χ2v) is 8.52. The van der Waals surface area contributed by atoms with Gasteiger partial charge in [-0.25, -0.2) is 14.2 Å². The van der Waals surface area contributed by atoms with Gasteiger partial charge in [0.15, 0.2) is 17.2 Å². The zero-order valence-corrected chi connectivity index (χ0v) is 18.3. The molecule has 3 amide bonds. The van der Waals surface area contributed by atoms with Crippen LogP contribution in [0.2, 0.25) is 5.02 Å². The van der Waals surface area contributed by atoms with Gasteiger partial charge in [0.2, 0.25) is 5.91 Å². The molecule has 4 rings (SSSR count). The van der Waals surface area contributed by atoms with Crippen molar-refractivity contribution in [2.45, 2.75) is 24.7 Å². The van der Waals surface area contributed by atoms with Gasteiger partial charge in [-0.05, 0) is 30.7 Å². The summed E-state index contributed by atoms with van der Waals surface area (Å²) in [4.78, 5) is 44.9. The summed E-state index contributed by atoms with van der Waals surface area (Å²) < 4.78 is 53.3. The molecule has 1 spiro atoms. The number of likely N-dealkylation sites (tertiary alicyclic amines) is 1. The molecule has 8 nitrogen and oxygen atoms in total. The second-order valence-electron chi connectivity index (χ2n) is 8.08. The lowest BCUT2D eigenvalue weighted by Gasteiger charge is -2.58. The van der Waals surface area contributed by atoms with Crippen molar-refractivity contribution in [3.8, 4) is 0 Å². The third-order valence-corrected chi connectivity index (χ3v) is 6.20. The Hall–Kier alpha value is -3.41. The molecule has 1 aromatic carbocycles. The van der Waals surface area contributed by atoms with Gasteiger partial charge in [-0.3, -0.25) is 14.5 Å². The average Bonchev–Trinajstić information content (AvgIpc) is 2.72. The van der Waals surface area contributed by atoms with Gasteiger partial charge < -0.3 is 14.9 Å². The summed E-state index contributed by atoms with van der Waals surface area (Å²) in [5.41, 5.74) is -2.24. The first-order chi connectivity index (χ1) is 15.8. The number of hydrogen-bond acceptors (Lipinski definition) is 4. The van der Waals surface area contributed by atoms with Crippen molar-refractivity contribution in [3.63, 3.8) is 0 Å². The zero-order valence-electron chi connectivity index (χ0n) is 17.5. The maximum absolute atomic E-state index is 14.5. The summed E-state index contributed by atoms with van der Waals surface area (Å²) in [6, 6.07) is 4.16. The molecule has 3 heterocycles. The van der Waals surface area contributed by atoms with Crippen LogP contribution in [0, 0.1) is 5.82 Å². The molecule has 2 aromatic rings. The van der Waals surface area contributed by atoms with E-state index in [-0.39, 0.29) is 18.1 Å². The minimum absolute atomic E-state index is 0.0232. The molecule has 34 heavy (non-hydrogen) atoms. The van der Waals surface area contributed by atoms with Crippen molar-refractivity contribution in [2.24, 2.45) is 0 Å². The van der Waals surface area contributed by atoms with Crippen LogP contribution in [0.1, 0.15) is 24.1 Å². The molecule has 1 unspecified atom stereocenters. The Morgan fingerprint density at radius 2 is 1.82 bits per heavy atom. The number of rotatable bonds is 3. The van der Waals surface area contributed by atoms with E-state index in [2.05, 4.69) is 4.98 Å². The summed E-state index contributed by atoms with van der Waals surface area (Å²) in [5.74, 6) is -2.77. The Balaban J connectivity index is 1.72. The van der Waals surface area contributed by atoms with Crippen LogP contribution in [0.4, 0.5) is 28.2 Å². The summed E-state index contributed by atoms with van der Waals surface area (Å²) in [7, 11) is 0. The quantitative estimate of drug-likeness (QED) is 0.650. The molecule has 1 atom stereocenters. The van der Waals surface area contributed by atoms with E-state index in [1.165, 1.54) is 24.0 Å². The number of amides is 3. The lowest BCUT2D eigenvalue weighted by atomic mass is 9.82. The topological polar surface area (TPSA) is 94.1 Å². The van der Waals surface area contributed by atoms with Crippen molar-refractivity contribution in [3.05, 3.63) is 58.5 Å². The van der Waals surface area contributed by atoms with Gasteiger partial charge in [0, 0.05) is 6.20 Å². The van der Waals surface area contributed by atoms with E-state index in [9.17, 15) is 37.1 Å². The average molecular weight is 501 g/mol. The van der Waals surface area contributed by atoms with Gasteiger partial charge in [-0.15, -0.1) is 0 Å². The van der Waals surface area contributed by atoms with Crippen LogP contribution in [-0.2, 0) is 15.8 Å². The maximum atomic E-state index is 14.5. The number of benzene rings is 1. The van der Waals surface area contributed by atoms with Crippen LogP contribution in [0.5, 0.6) is 0 Å². The van der Waals surface area contributed by atoms with Crippen LogP contribution in [0.3, 0.4) is 0 Å². The van der Waals surface area contributed by atoms with Crippen molar-refractivity contribution >= 4 is 35.3 Å². The molecule has 2 aliphatic heterocycles. The number of carbonyl (C=O) groups excluding carboxylic acids is 2. The van der Waals surface area contributed by atoms with Crippen LogP contribution in [0.15, 0.2) is 36.5 Å². The number of alkyl halides is 3. The zero-order chi connectivity index (χ0) is 25.0. The predicted octanol–water partition coefficient (Wildman–Crippen LogP) is 3.56. The van der Waals surface area contributed by atoms with Crippen LogP contribution < -0.4 is 4.90 Å². The highest BCUT2D eigenvalue weighted by atomic mass is 35.5. The molecule has 180 valence electrons. The SMILES string of the molecule is CC(c1ccc(C(F)(F)F)cc1)N1C(=O)CN(c2ncc(Cl)cc2F)C(=O)C12CN(C(=O)O)C2. The smallest absolute Gasteiger partial charge is 0.416 e. The molecular formula is C21H17ClF4N4O4. The summed E-state index contributed by atoms with van der Waals surface area (Å²) >= 11 is 5.72. The number of nitrogens with zero attached hydrogens (tertiary/aromatic N) is 4. The number of hydrogen-bond donors (Lipinski definition) is 1. The van der Waals surface area contributed by atoms with E-state index in [1.54, 1.807) is 0 Å². The van der Waals surface area contributed by atoms with Crippen LogP contribution >= 0.6 is 11.6 Å². The third-order valence-electron chi connectivity index (χ3n) is 5.99. The minimum Gasteiger partial charge on any atom is -0.465 e. The Labute approximate surface area is 195 Å². The number of carbonyl (C=O) groups is 3. The molecule has 2 fully saturated rings. The highest BCUT2D eigenvalue weighted by Gasteiger charge is 2.62. The number of carboxylic acid groups (broad SMARTS) is 1. The van der Waals surface area contributed by atoms with E-state index in [1.807, 2.05) is 0 Å². The van der Waals surface area contributed by atoms with Crippen LogP contribution in [-0.4, -0.2) is 63.0 Å². The van der Waals surface area contributed by atoms with Gasteiger partial charge in [0.25, 0.3) is 5.91 Å². The van der Waals surface area contributed by atoms with E-state index in [0.29, 0.717) is 5.56 Å². The first-order valence-electron chi connectivity index (χ1n) is 9.95. The Morgan fingerprint density at radius 1 is 1.21 bits per heavy atom. The number of pyridine rings is 1. The highest BCUT2D eigenvalue weighted by Crippen LogP contribution is 2.41. The Morgan fingerprint density at radius 3 is 2.35 bits per heavy atom. The first kappa shape index (κ1) is 23.7. The highest BCUT2D eigenvalue weighted by molar-refractivity contribution is 6.30. The largest absolute Gasteiger partial charge is 0.465 e. The van der Waals surface area contributed by atoms with Crippen molar-refractivity contribution < 1.29 is 37.1 Å². The Kier molecular flexibility index (Phi) is 5.67. The van der Waals surface area contributed by atoms with Gasteiger partial charge in [-0.1, -0.05) is 23.7 Å². The van der Waals surface area contributed by atoms with Crippen molar-refractivity contribution in [1.29, 1.82) is 0 Å². The number of anilines is 1. The molecular weight excluding hydrogens is 484 g/mol. The normalized spacial score (nSPS) is 18.8. The molecule has 13 heteroatoms. The third kappa shape index (κ3) is 3.81. The second kappa shape index (κ2) is 8.12. The molecule has 0 radical (unpaired) electrons. The lowest BCUT2D eigenvalue weighted by Crippen LogP contribution is -2.81. The molecule has 0 saturated carbocycles. The minimum atomic E-state index is -4.55. The van der Waals surface area contributed by atoms with Gasteiger partial charge in [0.1, 0.15) is 6.54 Å². The van der Waals surface area contributed by atoms with Crippen LogP contribution in [0.25, 0.3) is 0 Å². The van der Waals surface area contributed by atoms with E-state index in [0.717, 1.165) is 34.2 Å². The molecule has 0 aliphatic carbocycles. The maximum Gasteiger partial charge on any atom is 0.416 e. The lowest BCUT2D eigenvalue weighted by molar-refractivity contribution is -0.165. The van der Waals surface area contributed by atoms with E-state index >= 15 is 0 Å². The molecule has 2 aliphatic rings. The molecule has 1 aromatic heterocycles. The predicted molar refractivity (Wildman–Crippen MR) is 111 cm³/mol. The van der Waals surface area contributed by atoms with E-state index < -0.39 is 59.4 Å². The number of piperazine rings is 1. The molecule has 1 N–H and O–H groups in total. The fourth-order valence-corrected chi connectivity index (χ4v) is 4.49. The number of aromatic nitrogens is 1. The van der Waals surface area contributed by atoms with Crippen molar-refractivity contribution in [2.75, 3.05) is 24.5 Å².